The minimum Gasteiger partial charge on any atom is -0.342 e. The van der Waals surface area contributed by atoms with Crippen LogP contribution in [-0.2, 0) is 4.79 Å². The predicted octanol–water partition coefficient (Wildman–Crippen LogP) is 2.01. The summed E-state index contributed by atoms with van der Waals surface area (Å²) in [4.78, 5) is 14.7. The van der Waals surface area contributed by atoms with Gasteiger partial charge in [-0.25, -0.2) is 0 Å². The van der Waals surface area contributed by atoms with Gasteiger partial charge in [0.05, 0.1) is 0 Å². The van der Waals surface area contributed by atoms with Crippen LogP contribution in [0.5, 0.6) is 0 Å². The molecule has 2 N–H and O–H groups in total. The van der Waals surface area contributed by atoms with E-state index in [2.05, 4.69) is 11.8 Å². The van der Waals surface area contributed by atoms with Gasteiger partial charge in [-0.3, -0.25) is 4.79 Å². The molecule has 3 heteroatoms. The molecule has 0 aromatic heterocycles. The number of hydrogen-bond acceptors (Lipinski definition) is 2. The van der Waals surface area contributed by atoms with Crippen molar-refractivity contribution < 1.29 is 4.79 Å². The van der Waals surface area contributed by atoms with Gasteiger partial charge in [0.1, 0.15) is 0 Å². The fraction of sp³-hybridized carbons (Fsp3) is 0.933. The average molecular weight is 250 g/mol. The maximum absolute atomic E-state index is 12.6. The van der Waals surface area contributed by atoms with Gasteiger partial charge in [0.15, 0.2) is 0 Å². The number of carbonyl (C=O) groups is 1. The van der Waals surface area contributed by atoms with Gasteiger partial charge in [-0.1, -0.05) is 13.3 Å². The quantitative estimate of drug-likeness (QED) is 0.774. The Morgan fingerprint density at radius 3 is 2.39 bits per heavy atom. The third kappa shape index (κ3) is 2.29. The lowest BCUT2D eigenvalue weighted by Gasteiger charge is -2.33. The number of rotatable bonds is 1. The molecule has 3 aliphatic rings. The first-order valence-corrected chi connectivity index (χ1v) is 7.68. The van der Waals surface area contributed by atoms with E-state index in [1.54, 1.807) is 0 Å². The molecule has 2 aliphatic carbocycles. The van der Waals surface area contributed by atoms with Crippen LogP contribution >= 0.6 is 0 Å². The van der Waals surface area contributed by atoms with Crippen molar-refractivity contribution in [1.82, 2.24) is 4.90 Å². The molecule has 102 valence electrons. The largest absolute Gasteiger partial charge is 0.342 e. The minimum atomic E-state index is 0.211. The molecular weight excluding hydrogens is 224 g/mol. The highest BCUT2D eigenvalue weighted by Gasteiger charge is 2.40. The van der Waals surface area contributed by atoms with Crippen LogP contribution in [0.15, 0.2) is 0 Å². The molecule has 1 heterocycles. The Hall–Kier alpha value is -0.570. The van der Waals surface area contributed by atoms with Crippen molar-refractivity contribution in [1.29, 1.82) is 0 Å². The molecule has 5 unspecified atom stereocenters. The molecule has 0 radical (unpaired) electrons. The van der Waals surface area contributed by atoms with E-state index in [1.807, 2.05) is 0 Å². The van der Waals surface area contributed by atoms with Gasteiger partial charge in [0.2, 0.25) is 5.91 Å². The fourth-order valence-corrected chi connectivity index (χ4v) is 4.53. The van der Waals surface area contributed by atoms with Gasteiger partial charge in [-0.15, -0.1) is 0 Å². The molecule has 18 heavy (non-hydrogen) atoms. The molecule has 1 saturated heterocycles. The zero-order valence-corrected chi connectivity index (χ0v) is 11.5. The van der Waals surface area contributed by atoms with Crippen LogP contribution in [-0.4, -0.2) is 29.9 Å². The van der Waals surface area contributed by atoms with Crippen molar-refractivity contribution >= 4 is 5.91 Å². The number of carbonyl (C=O) groups excluding carboxylic acids is 1. The first kappa shape index (κ1) is 12.5. The monoisotopic (exact) mass is 250 g/mol. The van der Waals surface area contributed by atoms with Crippen molar-refractivity contribution in [3.8, 4) is 0 Å². The summed E-state index contributed by atoms with van der Waals surface area (Å²) in [6, 6.07) is 0.241. The SMILES string of the molecule is CC1CC(N)CC(C(=O)N2CC3CCCC3C2)C1. The number of likely N-dealkylation sites (tertiary alicyclic amines) is 1. The van der Waals surface area contributed by atoms with Gasteiger partial charge in [0.25, 0.3) is 0 Å². The smallest absolute Gasteiger partial charge is 0.225 e. The Bertz CT molecular complexity index is 308. The molecule has 3 nitrogen and oxygen atoms in total. The molecule has 1 aliphatic heterocycles. The van der Waals surface area contributed by atoms with Crippen molar-refractivity contribution in [2.75, 3.05) is 13.1 Å². The summed E-state index contributed by atoms with van der Waals surface area (Å²) in [5.41, 5.74) is 6.07. The summed E-state index contributed by atoms with van der Waals surface area (Å²) in [5.74, 6) is 2.85. The van der Waals surface area contributed by atoms with Crippen LogP contribution in [0.1, 0.15) is 45.4 Å². The topological polar surface area (TPSA) is 46.3 Å². The highest BCUT2D eigenvalue weighted by Crippen LogP contribution is 2.39. The molecule has 0 spiro atoms. The van der Waals surface area contributed by atoms with Crippen molar-refractivity contribution in [3.63, 3.8) is 0 Å². The van der Waals surface area contributed by atoms with Crippen molar-refractivity contribution in [2.24, 2.45) is 29.4 Å². The molecule has 0 aromatic carbocycles. The van der Waals surface area contributed by atoms with E-state index in [-0.39, 0.29) is 12.0 Å². The Balaban J connectivity index is 1.61. The molecule has 2 saturated carbocycles. The summed E-state index contributed by atoms with van der Waals surface area (Å²) >= 11 is 0. The summed E-state index contributed by atoms with van der Waals surface area (Å²) in [6.45, 7) is 4.30. The zero-order valence-electron chi connectivity index (χ0n) is 11.5. The first-order chi connectivity index (χ1) is 8.63. The summed E-state index contributed by atoms with van der Waals surface area (Å²) in [6.07, 6.45) is 7.12. The average Bonchev–Trinajstić information content (AvgIpc) is 2.86. The zero-order chi connectivity index (χ0) is 12.7. The highest BCUT2D eigenvalue weighted by molar-refractivity contribution is 5.79. The molecule has 5 atom stereocenters. The van der Waals surface area contributed by atoms with Crippen LogP contribution in [0.25, 0.3) is 0 Å². The Labute approximate surface area is 110 Å². The van der Waals surface area contributed by atoms with Crippen molar-refractivity contribution in [2.45, 2.75) is 51.5 Å². The second-order valence-corrected chi connectivity index (χ2v) is 6.96. The summed E-state index contributed by atoms with van der Waals surface area (Å²) < 4.78 is 0. The number of amides is 1. The van der Waals surface area contributed by atoms with E-state index >= 15 is 0 Å². The van der Waals surface area contributed by atoms with Crippen LogP contribution in [0.3, 0.4) is 0 Å². The van der Waals surface area contributed by atoms with E-state index in [0.29, 0.717) is 11.8 Å². The lowest BCUT2D eigenvalue weighted by molar-refractivity contribution is -0.136. The third-order valence-corrected chi connectivity index (χ3v) is 5.37. The molecule has 3 rings (SSSR count). The highest BCUT2D eigenvalue weighted by atomic mass is 16.2. The Morgan fingerprint density at radius 1 is 1.11 bits per heavy atom. The van der Waals surface area contributed by atoms with E-state index in [1.165, 1.54) is 19.3 Å². The summed E-state index contributed by atoms with van der Waals surface area (Å²) in [5, 5.41) is 0. The van der Waals surface area contributed by atoms with Crippen LogP contribution in [0, 0.1) is 23.7 Å². The van der Waals surface area contributed by atoms with E-state index in [9.17, 15) is 4.79 Å². The molecule has 1 amide bonds. The second kappa shape index (κ2) is 4.84. The van der Waals surface area contributed by atoms with E-state index in [0.717, 1.165) is 44.2 Å². The number of nitrogens with two attached hydrogens (primary N) is 1. The molecular formula is C15H26N2O. The maximum Gasteiger partial charge on any atom is 0.225 e. The normalized spacial score (nSPS) is 44.1. The number of nitrogens with zero attached hydrogens (tertiary/aromatic N) is 1. The second-order valence-electron chi connectivity index (χ2n) is 6.96. The lowest BCUT2D eigenvalue weighted by atomic mass is 9.79. The van der Waals surface area contributed by atoms with Crippen LogP contribution in [0.2, 0.25) is 0 Å². The van der Waals surface area contributed by atoms with Crippen LogP contribution < -0.4 is 5.73 Å². The van der Waals surface area contributed by atoms with Gasteiger partial charge in [-0.2, -0.15) is 0 Å². The van der Waals surface area contributed by atoms with Gasteiger partial charge in [-0.05, 0) is 49.9 Å². The summed E-state index contributed by atoms with van der Waals surface area (Å²) in [7, 11) is 0. The Morgan fingerprint density at radius 2 is 1.78 bits per heavy atom. The van der Waals surface area contributed by atoms with E-state index < -0.39 is 0 Å². The van der Waals surface area contributed by atoms with Gasteiger partial charge in [0, 0.05) is 25.0 Å². The number of hydrogen-bond donors (Lipinski definition) is 1. The number of fused-ring (bicyclic) bond motifs is 1. The molecule has 0 bridgehead atoms. The molecule has 0 aromatic rings. The maximum atomic E-state index is 12.6. The lowest BCUT2D eigenvalue weighted by Crippen LogP contribution is -2.41. The van der Waals surface area contributed by atoms with E-state index in [4.69, 9.17) is 5.73 Å². The Kier molecular flexibility index (Phi) is 3.35. The van der Waals surface area contributed by atoms with Gasteiger partial charge < -0.3 is 10.6 Å². The minimum absolute atomic E-state index is 0.211. The predicted molar refractivity (Wildman–Crippen MR) is 71.9 cm³/mol. The first-order valence-electron chi connectivity index (χ1n) is 7.68. The standard InChI is InChI=1S/C15H26N2O/c1-10-5-13(7-14(16)6-10)15(18)17-8-11-3-2-4-12(11)9-17/h10-14H,2-9,16H2,1H3. The third-order valence-electron chi connectivity index (χ3n) is 5.37. The van der Waals surface area contributed by atoms with Crippen molar-refractivity contribution in [3.05, 3.63) is 0 Å². The molecule has 3 fully saturated rings. The fourth-order valence-electron chi connectivity index (χ4n) is 4.53. The van der Waals surface area contributed by atoms with Gasteiger partial charge >= 0.3 is 0 Å². The van der Waals surface area contributed by atoms with Crippen LogP contribution in [0.4, 0.5) is 0 Å².